The number of nitrogens with zero attached hydrogens (tertiary/aromatic N) is 2. The van der Waals surface area contributed by atoms with Crippen molar-refractivity contribution in [1.29, 1.82) is 0 Å². The Hall–Kier alpha value is -1.60. The van der Waals surface area contributed by atoms with Crippen LogP contribution in [-0.4, -0.2) is 35.1 Å². The summed E-state index contributed by atoms with van der Waals surface area (Å²) in [5.74, 6) is 0.640. The van der Waals surface area contributed by atoms with Crippen molar-refractivity contribution in [2.75, 3.05) is 17.7 Å². The molecule has 0 aliphatic rings. The molecule has 0 amide bonds. The number of aryl methyl sites for hydroxylation is 1. The van der Waals surface area contributed by atoms with E-state index >= 15 is 0 Å². The van der Waals surface area contributed by atoms with Crippen LogP contribution in [0.1, 0.15) is 12.2 Å². The van der Waals surface area contributed by atoms with E-state index in [9.17, 15) is 13.5 Å². The lowest BCUT2D eigenvalue weighted by Crippen LogP contribution is -2.09. The molecule has 2 rings (SSSR count). The van der Waals surface area contributed by atoms with Crippen molar-refractivity contribution in [1.82, 2.24) is 9.55 Å². The van der Waals surface area contributed by atoms with E-state index in [2.05, 4.69) is 4.98 Å². The lowest BCUT2D eigenvalue weighted by Gasteiger charge is -2.07. The number of aromatic nitrogens is 2. The molecular weight excluding hydrogens is 266 g/mol. The normalized spacial score (nSPS) is 12.1. The van der Waals surface area contributed by atoms with Crippen LogP contribution in [-0.2, 0) is 23.0 Å². The Labute approximate surface area is 111 Å². The van der Waals surface area contributed by atoms with Gasteiger partial charge in [-0.1, -0.05) is 0 Å². The second-order valence-electron chi connectivity index (χ2n) is 4.57. The van der Waals surface area contributed by atoms with Crippen molar-refractivity contribution in [3.8, 4) is 0 Å². The fourth-order valence-electron chi connectivity index (χ4n) is 2.05. The Bertz CT molecular complexity index is 692. The summed E-state index contributed by atoms with van der Waals surface area (Å²) in [6.07, 6.45) is 1.70. The molecule has 3 N–H and O–H groups in total. The summed E-state index contributed by atoms with van der Waals surface area (Å²) in [6, 6.07) is 5.33. The minimum absolute atomic E-state index is 0.118. The highest BCUT2D eigenvalue weighted by molar-refractivity contribution is 7.90. The summed E-state index contributed by atoms with van der Waals surface area (Å²) in [5.41, 5.74) is 7.86. The number of rotatable bonds is 5. The molecule has 0 unspecified atom stereocenters. The number of sulfone groups is 1. The van der Waals surface area contributed by atoms with Crippen molar-refractivity contribution >= 4 is 26.6 Å². The first-order valence-electron chi connectivity index (χ1n) is 5.94. The van der Waals surface area contributed by atoms with Crippen LogP contribution in [0.4, 0.5) is 5.69 Å². The first kappa shape index (κ1) is 13.8. The molecule has 0 radical (unpaired) electrons. The second-order valence-corrected chi connectivity index (χ2v) is 6.83. The molecule has 6 nitrogen and oxygen atoms in total. The predicted molar refractivity (Wildman–Crippen MR) is 74.4 cm³/mol. The van der Waals surface area contributed by atoms with Gasteiger partial charge in [-0.05, 0) is 24.6 Å². The Kier molecular flexibility index (Phi) is 3.77. The molecule has 1 heterocycles. The Morgan fingerprint density at radius 3 is 2.79 bits per heavy atom. The van der Waals surface area contributed by atoms with Crippen LogP contribution in [0.15, 0.2) is 18.2 Å². The molecule has 0 atom stereocenters. The molecule has 0 bridgehead atoms. The molecular formula is C12H17N3O3S. The van der Waals surface area contributed by atoms with Crippen molar-refractivity contribution in [3.05, 3.63) is 24.0 Å². The van der Waals surface area contributed by atoms with E-state index in [0.717, 1.165) is 5.52 Å². The zero-order valence-electron chi connectivity index (χ0n) is 10.7. The summed E-state index contributed by atoms with van der Waals surface area (Å²) in [5, 5.41) is 9.32. The van der Waals surface area contributed by atoms with Crippen molar-refractivity contribution in [3.63, 3.8) is 0 Å². The van der Waals surface area contributed by atoms with Crippen LogP contribution < -0.4 is 5.73 Å². The van der Waals surface area contributed by atoms with Gasteiger partial charge in [0.2, 0.25) is 0 Å². The molecule has 0 fully saturated rings. The standard InChI is InChI=1S/C12H17N3O3S/c1-19(17,18)6-2-5-15-11-4-3-9(13)7-10(11)14-12(15)8-16/h3-4,7,16H,2,5-6,8,13H2,1H3. The topological polar surface area (TPSA) is 98.2 Å². The second kappa shape index (κ2) is 5.18. The lowest BCUT2D eigenvalue weighted by atomic mass is 10.3. The Balaban J connectivity index is 2.30. The van der Waals surface area contributed by atoms with E-state index in [4.69, 9.17) is 5.73 Å². The molecule has 104 valence electrons. The van der Waals surface area contributed by atoms with E-state index in [1.165, 1.54) is 6.26 Å². The SMILES string of the molecule is CS(=O)(=O)CCCn1c(CO)nc2cc(N)ccc21. The molecule has 0 saturated heterocycles. The van der Waals surface area contributed by atoms with E-state index in [1.807, 2.05) is 10.6 Å². The van der Waals surface area contributed by atoms with E-state index in [0.29, 0.717) is 30.0 Å². The quantitative estimate of drug-likeness (QED) is 0.781. The van der Waals surface area contributed by atoms with Gasteiger partial charge in [0.05, 0.1) is 16.8 Å². The van der Waals surface area contributed by atoms with Gasteiger partial charge in [0.1, 0.15) is 22.3 Å². The van der Waals surface area contributed by atoms with Crippen molar-refractivity contribution in [2.24, 2.45) is 0 Å². The third-order valence-electron chi connectivity index (χ3n) is 2.89. The van der Waals surface area contributed by atoms with Crippen LogP contribution in [0, 0.1) is 0 Å². The Morgan fingerprint density at radius 1 is 1.42 bits per heavy atom. The van der Waals surface area contributed by atoms with Gasteiger partial charge >= 0.3 is 0 Å². The monoisotopic (exact) mass is 283 g/mol. The third-order valence-corrected chi connectivity index (χ3v) is 3.92. The highest BCUT2D eigenvalue weighted by Crippen LogP contribution is 2.19. The maximum atomic E-state index is 11.1. The van der Waals surface area contributed by atoms with Gasteiger partial charge in [-0.3, -0.25) is 0 Å². The molecule has 0 aliphatic carbocycles. The summed E-state index contributed by atoms with van der Waals surface area (Å²) in [6.45, 7) is 0.316. The van der Waals surface area contributed by atoms with Gasteiger partial charge < -0.3 is 15.4 Å². The first-order valence-corrected chi connectivity index (χ1v) is 8.00. The average Bonchev–Trinajstić information content (AvgIpc) is 2.65. The number of hydrogen-bond donors (Lipinski definition) is 2. The van der Waals surface area contributed by atoms with E-state index in [1.54, 1.807) is 12.1 Å². The van der Waals surface area contributed by atoms with E-state index in [-0.39, 0.29) is 12.4 Å². The fraction of sp³-hybridized carbons (Fsp3) is 0.417. The molecule has 0 aliphatic heterocycles. The minimum Gasteiger partial charge on any atom is -0.399 e. The zero-order chi connectivity index (χ0) is 14.0. The fourth-order valence-corrected chi connectivity index (χ4v) is 2.71. The number of aliphatic hydroxyl groups is 1. The third kappa shape index (κ3) is 3.24. The highest BCUT2D eigenvalue weighted by atomic mass is 32.2. The van der Waals surface area contributed by atoms with Gasteiger partial charge in [0.25, 0.3) is 0 Å². The molecule has 7 heteroatoms. The van der Waals surface area contributed by atoms with Crippen LogP contribution in [0.2, 0.25) is 0 Å². The first-order chi connectivity index (χ1) is 8.90. The molecule has 1 aromatic heterocycles. The van der Waals surface area contributed by atoms with Gasteiger partial charge in [0.15, 0.2) is 0 Å². The van der Waals surface area contributed by atoms with Crippen LogP contribution in [0.25, 0.3) is 11.0 Å². The molecule has 0 saturated carbocycles. The van der Waals surface area contributed by atoms with Crippen LogP contribution in [0.5, 0.6) is 0 Å². The van der Waals surface area contributed by atoms with Crippen molar-refractivity contribution < 1.29 is 13.5 Å². The summed E-state index contributed by atoms with van der Waals surface area (Å²) >= 11 is 0. The number of benzene rings is 1. The van der Waals surface area contributed by atoms with Crippen LogP contribution >= 0.6 is 0 Å². The molecule has 1 aromatic carbocycles. The molecule has 19 heavy (non-hydrogen) atoms. The smallest absolute Gasteiger partial charge is 0.147 e. The number of imidazole rings is 1. The van der Waals surface area contributed by atoms with Gasteiger partial charge in [-0.15, -0.1) is 0 Å². The maximum Gasteiger partial charge on any atom is 0.147 e. The predicted octanol–water partition coefficient (Wildman–Crippen LogP) is 0.545. The van der Waals surface area contributed by atoms with Crippen molar-refractivity contribution in [2.45, 2.75) is 19.6 Å². The van der Waals surface area contributed by atoms with E-state index < -0.39 is 9.84 Å². The number of fused-ring (bicyclic) bond motifs is 1. The van der Waals surface area contributed by atoms with Gasteiger partial charge in [-0.2, -0.15) is 0 Å². The number of nitrogens with two attached hydrogens (primary N) is 1. The van der Waals surface area contributed by atoms with Crippen LogP contribution in [0.3, 0.4) is 0 Å². The van der Waals surface area contributed by atoms with Gasteiger partial charge in [0, 0.05) is 18.5 Å². The average molecular weight is 283 g/mol. The summed E-state index contributed by atoms with van der Waals surface area (Å²) < 4.78 is 24.1. The largest absolute Gasteiger partial charge is 0.399 e. The summed E-state index contributed by atoms with van der Waals surface area (Å²) in [7, 11) is -2.97. The molecule has 2 aromatic rings. The zero-order valence-corrected chi connectivity index (χ0v) is 11.5. The summed E-state index contributed by atoms with van der Waals surface area (Å²) in [4.78, 5) is 4.29. The van der Waals surface area contributed by atoms with Gasteiger partial charge in [-0.25, -0.2) is 13.4 Å². The highest BCUT2D eigenvalue weighted by Gasteiger charge is 2.11. The maximum absolute atomic E-state index is 11.1. The number of aliphatic hydroxyl groups excluding tert-OH is 1. The molecule has 0 spiro atoms. The number of hydrogen-bond acceptors (Lipinski definition) is 5. The number of nitrogen functional groups attached to an aromatic ring is 1. The Morgan fingerprint density at radius 2 is 2.16 bits per heavy atom. The lowest BCUT2D eigenvalue weighted by molar-refractivity contribution is 0.266. The number of anilines is 1. The minimum atomic E-state index is -2.97.